The number of amides is 1. The quantitative estimate of drug-likeness (QED) is 0.743. The van der Waals surface area contributed by atoms with Gasteiger partial charge in [-0.3, -0.25) is 9.52 Å². The molecule has 0 aliphatic carbocycles. The third-order valence-corrected chi connectivity index (χ3v) is 4.36. The molecule has 2 aromatic carbocycles. The zero-order valence-corrected chi connectivity index (χ0v) is 12.3. The van der Waals surface area contributed by atoms with Crippen LogP contribution in [0.3, 0.4) is 0 Å². The molecule has 8 heteroatoms. The number of hydrogen-bond acceptors (Lipinski definition) is 4. The number of primary amides is 1. The molecule has 0 saturated heterocycles. The van der Waals surface area contributed by atoms with E-state index < -0.39 is 15.9 Å². The van der Waals surface area contributed by atoms with E-state index >= 15 is 0 Å². The van der Waals surface area contributed by atoms with Gasteiger partial charge >= 0.3 is 0 Å². The van der Waals surface area contributed by atoms with Gasteiger partial charge in [-0.2, -0.15) is 0 Å². The van der Waals surface area contributed by atoms with E-state index in [9.17, 15) is 13.2 Å². The minimum atomic E-state index is -3.88. The Kier molecular flexibility index (Phi) is 4.06. The molecule has 5 N–H and O–H groups in total. The molecule has 0 saturated carbocycles. The van der Waals surface area contributed by atoms with E-state index in [2.05, 4.69) is 4.72 Å². The third kappa shape index (κ3) is 3.45. The topological polar surface area (TPSA) is 115 Å². The van der Waals surface area contributed by atoms with E-state index in [0.29, 0.717) is 0 Å². The summed E-state index contributed by atoms with van der Waals surface area (Å²) in [5.41, 5.74) is 11.4. The number of halogens is 1. The van der Waals surface area contributed by atoms with Crippen LogP contribution in [-0.4, -0.2) is 14.3 Å². The molecule has 0 aliphatic heterocycles. The van der Waals surface area contributed by atoms with Crippen LogP contribution in [0.1, 0.15) is 10.4 Å². The van der Waals surface area contributed by atoms with Crippen LogP contribution in [0.4, 0.5) is 11.4 Å². The van der Waals surface area contributed by atoms with Gasteiger partial charge in [-0.25, -0.2) is 8.42 Å². The molecule has 2 rings (SSSR count). The van der Waals surface area contributed by atoms with Gasteiger partial charge in [-0.1, -0.05) is 11.6 Å². The number of nitrogen functional groups attached to an aromatic ring is 1. The molecule has 0 unspecified atom stereocenters. The Bertz CT molecular complexity index is 789. The number of nitrogens with two attached hydrogens (primary N) is 2. The number of carbonyl (C=O) groups excluding carboxylic acids is 1. The Morgan fingerprint density at radius 3 is 2.29 bits per heavy atom. The highest BCUT2D eigenvalue weighted by atomic mass is 35.5. The van der Waals surface area contributed by atoms with Crippen LogP contribution in [0, 0.1) is 0 Å². The summed E-state index contributed by atoms with van der Waals surface area (Å²) in [6.45, 7) is 0. The van der Waals surface area contributed by atoms with Crippen molar-refractivity contribution in [1.82, 2.24) is 0 Å². The number of sulfonamides is 1. The normalized spacial score (nSPS) is 11.1. The molecule has 0 heterocycles. The van der Waals surface area contributed by atoms with Crippen molar-refractivity contribution in [2.75, 3.05) is 10.5 Å². The van der Waals surface area contributed by atoms with Crippen LogP contribution < -0.4 is 16.2 Å². The molecule has 0 atom stereocenters. The second-order valence-electron chi connectivity index (χ2n) is 4.23. The summed E-state index contributed by atoms with van der Waals surface area (Å²) in [6, 6.07) is 9.86. The molecule has 6 nitrogen and oxygen atoms in total. The van der Waals surface area contributed by atoms with Crippen molar-refractivity contribution in [2.24, 2.45) is 5.73 Å². The highest BCUT2D eigenvalue weighted by Gasteiger charge is 2.18. The van der Waals surface area contributed by atoms with Crippen molar-refractivity contribution in [3.05, 3.63) is 53.1 Å². The van der Waals surface area contributed by atoms with Gasteiger partial charge in [0.1, 0.15) is 4.90 Å². The van der Waals surface area contributed by atoms with E-state index in [-0.39, 0.29) is 26.9 Å². The maximum absolute atomic E-state index is 12.3. The molecule has 0 aromatic heterocycles. The average Bonchev–Trinajstić information content (AvgIpc) is 2.41. The molecular formula is C13H12ClN3O3S. The van der Waals surface area contributed by atoms with E-state index in [1.54, 1.807) is 0 Å². The lowest BCUT2D eigenvalue weighted by atomic mass is 10.2. The van der Waals surface area contributed by atoms with Crippen molar-refractivity contribution in [1.29, 1.82) is 0 Å². The highest BCUT2D eigenvalue weighted by Crippen LogP contribution is 2.25. The molecule has 0 spiro atoms. The van der Waals surface area contributed by atoms with Crippen molar-refractivity contribution in [3.63, 3.8) is 0 Å². The minimum Gasteiger partial charge on any atom is -0.398 e. The van der Waals surface area contributed by atoms with E-state index in [4.69, 9.17) is 23.1 Å². The lowest BCUT2D eigenvalue weighted by Gasteiger charge is -2.10. The maximum atomic E-state index is 12.3. The van der Waals surface area contributed by atoms with Crippen molar-refractivity contribution in [2.45, 2.75) is 4.90 Å². The predicted molar refractivity (Wildman–Crippen MR) is 81.6 cm³/mol. The molecule has 1 amide bonds. The second-order valence-corrected chi connectivity index (χ2v) is 6.32. The molecule has 2 aromatic rings. The van der Waals surface area contributed by atoms with Crippen molar-refractivity contribution in [3.8, 4) is 0 Å². The Balaban J connectivity index is 2.33. The highest BCUT2D eigenvalue weighted by molar-refractivity contribution is 7.92. The molecule has 0 radical (unpaired) electrons. The third-order valence-electron chi connectivity index (χ3n) is 2.69. The van der Waals surface area contributed by atoms with Gasteiger partial charge in [0.05, 0.1) is 5.69 Å². The number of hydrogen-bond donors (Lipinski definition) is 3. The van der Waals surface area contributed by atoms with Crippen LogP contribution in [0.5, 0.6) is 0 Å². The largest absolute Gasteiger partial charge is 0.398 e. The molecule has 110 valence electrons. The lowest BCUT2D eigenvalue weighted by Crippen LogP contribution is -2.15. The lowest BCUT2D eigenvalue weighted by molar-refractivity contribution is 0.100. The van der Waals surface area contributed by atoms with E-state index in [1.165, 1.54) is 42.5 Å². The standard InChI is InChI=1S/C13H12ClN3O3S/c14-9-3-6-11(15)12(7-9)21(19,20)17-10-4-1-8(2-5-10)13(16)18/h1-7,17H,15H2,(H2,16,18). The van der Waals surface area contributed by atoms with Crippen LogP contribution in [0.15, 0.2) is 47.4 Å². The molecule has 0 fully saturated rings. The second kappa shape index (κ2) is 5.63. The molecule has 0 bridgehead atoms. The number of rotatable bonds is 4. The van der Waals surface area contributed by atoms with Crippen LogP contribution in [0.25, 0.3) is 0 Å². The monoisotopic (exact) mass is 325 g/mol. The van der Waals surface area contributed by atoms with Gasteiger partial charge in [-0.05, 0) is 42.5 Å². The van der Waals surface area contributed by atoms with Gasteiger partial charge < -0.3 is 11.5 Å². The van der Waals surface area contributed by atoms with Gasteiger partial charge in [0.2, 0.25) is 5.91 Å². The fourth-order valence-corrected chi connectivity index (χ4v) is 3.11. The fourth-order valence-electron chi connectivity index (χ4n) is 1.65. The zero-order chi connectivity index (χ0) is 15.6. The first-order chi connectivity index (χ1) is 9.79. The Morgan fingerprint density at radius 2 is 1.71 bits per heavy atom. The summed E-state index contributed by atoms with van der Waals surface area (Å²) in [6.07, 6.45) is 0. The van der Waals surface area contributed by atoms with Crippen molar-refractivity contribution >= 4 is 38.9 Å². The van der Waals surface area contributed by atoms with Gasteiger partial charge in [-0.15, -0.1) is 0 Å². The summed E-state index contributed by atoms with van der Waals surface area (Å²) in [5.74, 6) is -0.594. The average molecular weight is 326 g/mol. The number of carbonyl (C=O) groups is 1. The van der Waals surface area contributed by atoms with Crippen molar-refractivity contribution < 1.29 is 13.2 Å². The summed E-state index contributed by atoms with van der Waals surface area (Å²) >= 11 is 5.78. The summed E-state index contributed by atoms with van der Waals surface area (Å²) in [7, 11) is -3.88. The van der Waals surface area contributed by atoms with Gasteiger partial charge in [0, 0.05) is 16.3 Å². The summed E-state index contributed by atoms with van der Waals surface area (Å²) in [4.78, 5) is 10.8. The number of anilines is 2. The van der Waals surface area contributed by atoms with Crippen LogP contribution >= 0.6 is 11.6 Å². The molecule has 21 heavy (non-hydrogen) atoms. The molecule has 0 aliphatic rings. The van der Waals surface area contributed by atoms with Gasteiger partial charge in [0.25, 0.3) is 10.0 Å². The Labute approximate surface area is 126 Å². The Hall–Kier alpha value is -2.25. The van der Waals surface area contributed by atoms with Crippen LogP contribution in [0.2, 0.25) is 5.02 Å². The first-order valence-electron chi connectivity index (χ1n) is 5.77. The number of nitrogens with one attached hydrogen (secondary N) is 1. The van der Waals surface area contributed by atoms with Gasteiger partial charge in [0.15, 0.2) is 0 Å². The first-order valence-corrected chi connectivity index (χ1v) is 7.63. The SMILES string of the molecule is NC(=O)c1ccc(NS(=O)(=O)c2cc(Cl)ccc2N)cc1. The predicted octanol–water partition coefficient (Wildman–Crippen LogP) is 1.82. The fraction of sp³-hybridized carbons (Fsp3) is 0. The number of benzene rings is 2. The van der Waals surface area contributed by atoms with E-state index in [1.807, 2.05) is 0 Å². The van der Waals surface area contributed by atoms with E-state index in [0.717, 1.165) is 0 Å². The summed E-state index contributed by atoms with van der Waals surface area (Å²) < 4.78 is 26.9. The zero-order valence-electron chi connectivity index (χ0n) is 10.7. The maximum Gasteiger partial charge on any atom is 0.263 e. The molecular weight excluding hydrogens is 314 g/mol. The Morgan fingerprint density at radius 1 is 1.10 bits per heavy atom. The minimum absolute atomic E-state index is 0.0839. The van der Waals surface area contributed by atoms with Crippen LogP contribution in [-0.2, 0) is 10.0 Å². The first kappa shape index (κ1) is 15.1. The smallest absolute Gasteiger partial charge is 0.263 e. The summed E-state index contributed by atoms with van der Waals surface area (Å²) in [5, 5.41) is 0.258.